The summed E-state index contributed by atoms with van der Waals surface area (Å²) < 4.78 is 5.71. The van der Waals surface area contributed by atoms with Gasteiger partial charge in [0.05, 0.1) is 29.7 Å². The number of nitrogens with zero attached hydrogens (tertiary/aromatic N) is 2. The van der Waals surface area contributed by atoms with Gasteiger partial charge in [0.2, 0.25) is 0 Å². The molecule has 1 heterocycles. The molecule has 5 nitrogen and oxygen atoms in total. The van der Waals surface area contributed by atoms with Gasteiger partial charge in [0.25, 0.3) is 11.1 Å². The number of nitriles is 1. The maximum absolute atomic E-state index is 12.9. The normalized spacial score (nSPS) is 15.1. The molecule has 0 aliphatic carbocycles. The predicted octanol–water partition coefficient (Wildman–Crippen LogP) is 5.35. The zero-order valence-corrected chi connectivity index (χ0v) is 17.1. The lowest BCUT2D eigenvalue weighted by atomic mass is 10.0. The number of hydrogen-bond donors (Lipinski definition) is 0. The molecule has 6 heteroatoms. The molecule has 0 N–H and O–H groups in total. The van der Waals surface area contributed by atoms with Crippen LogP contribution < -0.4 is 4.74 Å². The first-order valence-electron chi connectivity index (χ1n) is 9.50. The summed E-state index contributed by atoms with van der Waals surface area (Å²) in [6.45, 7) is 2.57. The number of fused-ring (bicyclic) bond motifs is 1. The SMILES string of the molecule is CCOc1ccc(/C=C2/SC(=O)N(Cc3ccccc3C#N)C2=O)c2ccccc12. The molecule has 1 fully saturated rings. The highest BCUT2D eigenvalue weighted by molar-refractivity contribution is 8.18. The molecule has 1 saturated heterocycles. The summed E-state index contributed by atoms with van der Waals surface area (Å²) in [5.41, 5.74) is 1.95. The Labute approximate surface area is 178 Å². The number of carbonyl (C=O) groups excluding carboxylic acids is 2. The second-order valence-electron chi connectivity index (χ2n) is 6.67. The van der Waals surface area contributed by atoms with E-state index in [-0.39, 0.29) is 17.7 Å². The van der Waals surface area contributed by atoms with E-state index in [1.165, 1.54) is 4.90 Å². The van der Waals surface area contributed by atoms with Gasteiger partial charge in [-0.2, -0.15) is 5.26 Å². The highest BCUT2D eigenvalue weighted by Crippen LogP contribution is 2.36. The van der Waals surface area contributed by atoms with Crippen molar-refractivity contribution in [1.29, 1.82) is 5.26 Å². The van der Waals surface area contributed by atoms with Gasteiger partial charge >= 0.3 is 0 Å². The standard InChI is InChI=1S/C24H18N2O3S/c1-2-29-21-12-11-16(19-9-5-6-10-20(19)21)13-22-23(27)26(24(28)30-22)15-18-8-4-3-7-17(18)14-25/h3-13H,2,15H2,1H3/b22-13+. The van der Waals surface area contributed by atoms with E-state index in [0.717, 1.165) is 33.8 Å². The maximum atomic E-state index is 12.9. The van der Waals surface area contributed by atoms with E-state index in [2.05, 4.69) is 6.07 Å². The van der Waals surface area contributed by atoms with Gasteiger partial charge in [-0.25, -0.2) is 0 Å². The van der Waals surface area contributed by atoms with Crippen molar-refractivity contribution < 1.29 is 14.3 Å². The van der Waals surface area contributed by atoms with Crippen LogP contribution in [0, 0.1) is 11.3 Å². The lowest BCUT2D eigenvalue weighted by Crippen LogP contribution is -2.27. The molecule has 1 aliphatic heterocycles. The highest BCUT2D eigenvalue weighted by atomic mass is 32.2. The molecule has 1 aliphatic rings. The van der Waals surface area contributed by atoms with Gasteiger partial charge in [-0.05, 0) is 53.4 Å². The van der Waals surface area contributed by atoms with Crippen LogP contribution in [0.2, 0.25) is 0 Å². The average molecular weight is 414 g/mol. The zero-order chi connectivity index (χ0) is 21.1. The van der Waals surface area contributed by atoms with Crippen LogP contribution in [0.15, 0.2) is 65.6 Å². The van der Waals surface area contributed by atoms with Gasteiger partial charge in [-0.3, -0.25) is 14.5 Å². The van der Waals surface area contributed by atoms with Crippen LogP contribution >= 0.6 is 11.8 Å². The first-order chi connectivity index (χ1) is 14.6. The summed E-state index contributed by atoms with van der Waals surface area (Å²) in [5.74, 6) is 0.433. The fourth-order valence-electron chi connectivity index (χ4n) is 3.42. The Bertz CT molecular complexity index is 1230. The number of rotatable bonds is 5. The van der Waals surface area contributed by atoms with Crippen LogP contribution in [0.25, 0.3) is 16.8 Å². The van der Waals surface area contributed by atoms with Crippen molar-refractivity contribution in [3.8, 4) is 11.8 Å². The maximum Gasteiger partial charge on any atom is 0.293 e. The minimum Gasteiger partial charge on any atom is -0.493 e. The largest absolute Gasteiger partial charge is 0.493 e. The second kappa shape index (κ2) is 8.44. The van der Waals surface area contributed by atoms with Crippen LogP contribution in [0.5, 0.6) is 5.75 Å². The third-order valence-electron chi connectivity index (χ3n) is 4.84. The summed E-state index contributed by atoms with van der Waals surface area (Å²) in [4.78, 5) is 27.0. The van der Waals surface area contributed by atoms with E-state index in [9.17, 15) is 14.9 Å². The van der Waals surface area contributed by atoms with E-state index in [4.69, 9.17) is 4.74 Å². The summed E-state index contributed by atoms with van der Waals surface area (Å²) in [6.07, 6.45) is 1.75. The Balaban J connectivity index is 1.68. The molecule has 0 radical (unpaired) electrons. The van der Waals surface area contributed by atoms with Gasteiger partial charge in [-0.1, -0.05) is 48.5 Å². The minimum atomic E-state index is -0.351. The van der Waals surface area contributed by atoms with Crippen molar-refractivity contribution in [3.05, 3.63) is 82.3 Å². The first kappa shape index (κ1) is 19.7. The Hall–Kier alpha value is -3.56. The second-order valence-corrected chi connectivity index (χ2v) is 7.66. The minimum absolute atomic E-state index is 0.0791. The number of benzene rings is 3. The van der Waals surface area contributed by atoms with Crippen molar-refractivity contribution in [1.82, 2.24) is 4.90 Å². The molecule has 3 aromatic carbocycles. The molecule has 0 unspecified atom stereocenters. The number of ether oxygens (including phenoxy) is 1. The number of hydrogen-bond acceptors (Lipinski definition) is 5. The predicted molar refractivity (Wildman–Crippen MR) is 118 cm³/mol. The van der Waals surface area contributed by atoms with Gasteiger partial charge in [0.15, 0.2) is 0 Å². The van der Waals surface area contributed by atoms with Crippen LogP contribution in [0.3, 0.4) is 0 Å². The molecule has 4 rings (SSSR count). The third-order valence-corrected chi connectivity index (χ3v) is 5.75. The summed E-state index contributed by atoms with van der Waals surface area (Å²) in [5, 5.41) is 10.8. The molecule has 0 bridgehead atoms. The van der Waals surface area contributed by atoms with E-state index in [1.807, 2.05) is 43.3 Å². The highest BCUT2D eigenvalue weighted by Gasteiger charge is 2.35. The summed E-state index contributed by atoms with van der Waals surface area (Å²) >= 11 is 0.917. The Morgan fingerprint density at radius 2 is 1.77 bits per heavy atom. The van der Waals surface area contributed by atoms with Crippen LogP contribution in [0.1, 0.15) is 23.6 Å². The number of amides is 2. The molecule has 30 heavy (non-hydrogen) atoms. The molecule has 0 spiro atoms. The third kappa shape index (κ3) is 3.68. The number of carbonyl (C=O) groups is 2. The van der Waals surface area contributed by atoms with Crippen LogP contribution in [-0.4, -0.2) is 22.7 Å². The molecular formula is C24H18N2O3S. The van der Waals surface area contributed by atoms with E-state index < -0.39 is 0 Å². The molecule has 0 saturated carbocycles. The quantitative estimate of drug-likeness (QED) is 0.527. The molecule has 0 atom stereocenters. The number of thioether (sulfide) groups is 1. The van der Waals surface area contributed by atoms with Crippen LogP contribution in [-0.2, 0) is 11.3 Å². The Kier molecular flexibility index (Phi) is 5.55. The van der Waals surface area contributed by atoms with Gasteiger partial charge in [0, 0.05) is 5.39 Å². The molecule has 148 valence electrons. The molecule has 3 aromatic rings. The monoisotopic (exact) mass is 414 g/mol. The summed E-state index contributed by atoms with van der Waals surface area (Å²) in [6, 6.07) is 20.7. The van der Waals surface area contributed by atoms with Gasteiger partial charge in [-0.15, -0.1) is 0 Å². The fraction of sp³-hybridized carbons (Fsp3) is 0.125. The lowest BCUT2D eigenvalue weighted by Gasteiger charge is -2.13. The van der Waals surface area contributed by atoms with E-state index in [0.29, 0.717) is 22.6 Å². The van der Waals surface area contributed by atoms with E-state index >= 15 is 0 Å². The molecular weight excluding hydrogens is 396 g/mol. The summed E-state index contributed by atoms with van der Waals surface area (Å²) in [7, 11) is 0. The van der Waals surface area contributed by atoms with Gasteiger partial charge in [0.1, 0.15) is 5.75 Å². The fourth-order valence-corrected chi connectivity index (χ4v) is 4.25. The lowest BCUT2D eigenvalue weighted by molar-refractivity contribution is -0.123. The van der Waals surface area contributed by atoms with Crippen molar-refractivity contribution >= 4 is 39.8 Å². The smallest absolute Gasteiger partial charge is 0.293 e. The Morgan fingerprint density at radius 1 is 1.03 bits per heavy atom. The van der Waals surface area contributed by atoms with Crippen LogP contribution in [0.4, 0.5) is 4.79 Å². The van der Waals surface area contributed by atoms with Crippen molar-refractivity contribution in [3.63, 3.8) is 0 Å². The molecule has 0 aromatic heterocycles. The first-order valence-corrected chi connectivity index (χ1v) is 10.3. The van der Waals surface area contributed by atoms with Gasteiger partial charge < -0.3 is 4.74 Å². The topological polar surface area (TPSA) is 70.4 Å². The molecule has 2 amide bonds. The van der Waals surface area contributed by atoms with Crippen molar-refractivity contribution in [2.75, 3.05) is 6.61 Å². The van der Waals surface area contributed by atoms with E-state index in [1.54, 1.807) is 30.3 Å². The zero-order valence-electron chi connectivity index (χ0n) is 16.3. The number of imide groups is 1. The average Bonchev–Trinajstić information content (AvgIpc) is 3.03. The van der Waals surface area contributed by atoms with Crippen molar-refractivity contribution in [2.24, 2.45) is 0 Å². The Morgan fingerprint density at radius 3 is 2.53 bits per heavy atom. The van der Waals surface area contributed by atoms with Crippen molar-refractivity contribution in [2.45, 2.75) is 13.5 Å².